The predicted octanol–water partition coefficient (Wildman–Crippen LogP) is 16.7. The molecule has 1 saturated carbocycles. The molecule has 280 valence electrons. The van der Waals surface area contributed by atoms with Crippen LogP contribution < -0.4 is 4.90 Å². The van der Waals surface area contributed by atoms with Gasteiger partial charge in [-0.15, -0.1) is 11.3 Å². The van der Waals surface area contributed by atoms with Gasteiger partial charge in [0.15, 0.2) is 0 Å². The molecule has 1 heterocycles. The molecular weight excluding hydrogens is 695 g/mol. The van der Waals surface area contributed by atoms with E-state index in [2.05, 4.69) is 192 Å². The second-order valence-corrected chi connectivity index (χ2v) is 19.1. The van der Waals surface area contributed by atoms with Gasteiger partial charge in [-0.2, -0.15) is 0 Å². The fraction of sp³-hybridized carbons (Fsp3) is 0.259. The zero-order valence-electron chi connectivity index (χ0n) is 33.8. The van der Waals surface area contributed by atoms with Crippen LogP contribution >= 0.6 is 11.3 Å². The van der Waals surface area contributed by atoms with Crippen molar-refractivity contribution < 1.29 is 0 Å². The topological polar surface area (TPSA) is 3.24 Å². The maximum absolute atomic E-state index is 2.59. The van der Waals surface area contributed by atoms with E-state index in [9.17, 15) is 0 Å². The van der Waals surface area contributed by atoms with E-state index in [1.807, 2.05) is 11.3 Å². The molecule has 2 heteroatoms. The lowest BCUT2D eigenvalue weighted by Crippen LogP contribution is -2.17. The number of hydrogen-bond acceptors (Lipinski definition) is 2. The van der Waals surface area contributed by atoms with E-state index in [0.29, 0.717) is 5.92 Å². The number of fused-ring (bicyclic) bond motifs is 4. The molecule has 0 saturated heterocycles. The Labute approximate surface area is 337 Å². The fourth-order valence-electron chi connectivity index (χ4n) is 9.10. The minimum atomic E-state index is 0.00428. The highest BCUT2D eigenvalue weighted by Gasteiger charge is 2.27. The molecule has 0 radical (unpaired) electrons. The number of benzene rings is 7. The Morgan fingerprint density at radius 2 is 1.05 bits per heavy atom. The average Bonchev–Trinajstić information content (AvgIpc) is 3.60. The van der Waals surface area contributed by atoms with Gasteiger partial charge in [-0.1, -0.05) is 182 Å². The van der Waals surface area contributed by atoms with Gasteiger partial charge in [-0.05, 0) is 92.4 Å². The minimum absolute atomic E-state index is 0.00428. The summed E-state index contributed by atoms with van der Waals surface area (Å²) < 4.78 is 2.62. The summed E-state index contributed by atoms with van der Waals surface area (Å²) in [5.74, 6) is 0.594. The number of thiophene rings is 1. The van der Waals surface area contributed by atoms with Crippen LogP contribution in [0, 0.1) is 0 Å². The summed E-state index contributed by atoms with van der Waals surface area (Å²) in [6, 6.07) is 55.3. The quantitative estimate of drug-likeness (QED) is 0.164. The summed E-state index contributed by atoms with van der Waals surface area (Å²) in [6.45, 7) is 14.0. The van der Waals surface area contributed by atoms with Gasteiger partial charge in [-0.25, -0.2) is 0 Å². The van der Waals surface area contributed by atoms with E-state index in [4.69, 9.17) is 0 Å². The first-order chi connectivity index (χ1) is 27.1. The first-order valence-corrected chi connectivity index (χ1v) is 21.4. The monoisotopic (exact) mass is 747 g/mol. The molecular formula is C54H53NS. The molecule has 1 nitrogen and oxygen atoms in total. The lowest BCUT2D eigenvalue weighted by atomic mass is 9.78. The number of para-hydroxylation sites is 2. The van der Waals surface area contributed by atoms with E-state index in [0.717, 1.165) is 0 Å². The molecule has 56 heavy (non-hydrogen) atoms. The Kier molecular flexibility index (Phi) is 9.37. The summed E-state index contributed by atoms with van der Waals surface area (Å²) in [5, 5.41) is 5.36. The molecule has 8 aromatic rings. The van der Waals surface area contributed by atoms with E-state index in [-0.39, 0.29) is 10.8 Å². The van der Waals surface area contributed by atoms with Crippen LogP contribution in [0.5, 0.6) is 0 Å². The van der Waals surface area contributed by atoms with Crippen LogP contribution in [0.4, 0.5) is 17.1 Å². The third-order valence-electron chi connectivity index (χ3n) is 12.2. The minimum Gasteiger partial charge on any atom is -0.308 e. The van der Waals surface area contributed by atoms with Crippen LogP contribution in [0.3, 0.4) is 0 Å². The Balaban J connectivity index is 1.35. The third-order valence-corrected chi connectivity index (χ3v) is 13.4. The molecule has 9 rings (SSSR count). The van der Waals surface area contributed by atoms with Gasteiger partial charge >= 0.3 is 0 Å². The van der Waals surface area contributed by atoms with Crippen molar-refractivity contribution in [2.75, 3.05) is 4.90 Å². The Hall–Kier alpha value is -5.18. The standard InChI is InChI=1S/C54H53NS/c1-53(2,3)39-33-38(34-40(35-39)54(4,5)6)41-23-10-13-29-47(41)55(49-31-18-28-46-44-25-12-15-32-50(44)56-52(46)49)48-30-14-11-24-43(48)45-27-17-22-37-21-16-26-42(51(37)45)36-19-8-7-9-20-36/h10-18,21-36H,7-9,19-20H2,1-6H3. The molecule has 1 aromatic heterocycles. The highest BCUT2D eigenvalue weighted by Crippen LogP contribution is 2.51. The molecule has 0 aliphatic heterocycles. The summed E-state index contributed by atoms with van der Waals surface area (Å²) in [5.41, 5.74) is 12.9. The fourth-order valence-corrected chi connectivity index (χ4v) is 10.3. The van der Waals surface area contributed by atoms with Crippen molar-refractivity contribution in [1.82, 2.24) is 0 Å². The van der Waals surface area contributed by atoms with E-state index in [1.165, 1.54) is 119 Å². The second-order valence-electron chi connectivity index (χ2n) is 18.0. The van der Waals surface area contributed by atoms with Crippen molar-refractivity contribution in [3.63, 3.8) is 0 Å². The van der Waals surface area contributed by atoms with Crippen molar-refractivity contribution in [2.45, 2.75) is 90.4 Å². The van der Waals surface area contributed by atoms with Gasteiger partial charge in [0.2, 0.25) is 0 Å². The molecule has 1 fully saturated rings. The highest BCUT2D eigenvalue weighted by molar-refractivity contribution is 7.26. The second kappa shape index (κ2) is 14.4. The van der Waals surface area contributed by atoms with Crippen LogP contribution in [0.1, 0.15) is 96.3 Å². The molecule has 0 bridgehead atoms. The Bertz CT molecular complexity index is 2670. The zero-order chi connectivity index (χ0) is 38.6. The number of nitrogens with zero attached hydrogens (tertiary/aromatic N) is 1. The third kappa shape index (κ3) is 6.62. The maximum Gasteiger partial charge on any atom is 0.0640 e. The maximum atomic E-state index is 2.59. The number of anilines is 3. The zero-order valence-corrected chi connectivity index (χ0v) is 34.6. The first kappa shape index (κ1) is 36.5. The molecule has 1 aliphatic rings. The average molecular weight is 748 g/mol. The van der Waals surface area contributed by atoms with Crippen LogP contribution in [0.2, 0.25) is 0 Å². The summed E-state index contributed by atoms with van der Waals surface area (Å²) in [7, 11) is 0. The number of rotatable bonds is 6. The normalized spacial score (nSPS) is 14.2. The van der Waals surface area contributed by atoms with E-state index >= 15 is 0 Å². The van der Waals surface area contributed by atoms with Crippen LogP contribution in [0.25, 0.3) is 53.2 Å². The lowest BCUT2D eigenvalue weighted by molar-refractivity contribution is 0.445. The van der Waals surface area contributed by atoms with Crippen molar-refractivity contribution in [3.05, 3.63) is 162 Å². The van der Waals surface area contributed by atoms with Crippen molar-refractivity contribution in [2.24, 2.45) is 0 Å². The molecule has 0 atom stereocenters. The molecule has 0 unspecified atom stereocenters. The highest BCUT2D eigenvalue weighted by atomic mass is 32.1. The van der Waals surface area contributed by atoms with Crippen LogP contribution in [0.15, 0.2) is 146 Å². The summed E-state index contributed by atoms with van der Waals surface area (Å²) >= 11 is 1.90. The van der Waals surface area contributed by atoms with Gasteiger partial charge in [0.25, 0.3) is 0 Å². The Morgan fingerprint density at radius 3 is 1.77 bits per heavy atom. The smallest absolute Gasteiger partial charge is 0.0640 e. The number of hydrogen-bond donors (Lipinski definition) is 0. The van der Waals surface area contributed by atoms with Gasteiger partial charge in [-0.3, -0.25) is 0 Å². The van der Waals surface area contributed by atoms with Gasteiger partial charge in [0.05, 0.1) is 21.8 Å². The van der Waals surface area contributed by atoms with Crippen molar-refractivity contribution in [1.29, 1.82) is 0 Å². The molecule has 0 amide bonds. The molecule has 0 N–H and O–H groups in total. The summed E-state index contributed by atoms with van der Waals surface area (Å²) in [4.78, 5) is 2.59. The van der Waals surface area contributed by atoms with Gasteiger partial charge in [0.1, 0.15) is 0 Å². The van der Waals surface area contributed by atoms with Gasteiger partial charge in [0, 0.05) is 26.6 Å². The van der Waals surface area contributed by atoms with E-state index in [1.54, 1.807) is 0 Å². The van der Waals surface area contributed by atoms with Gasteiger partial charge < -0.3 is 4.90 Å². The van der Waals surface area contributed by atoms with Crippen molar-refractivity contribution >= 4 is 59.3 Å². The first-order valence-electron chi connectivity index (χ1n) is 20.6. The predicted molar refractivity (Wildman–Crippen MR) is 246 cm³/mol. The molecule has 0 spiro atoms. The van der Waals surface area contributed by atoms with Crippen LogP contribution in [-0.2, 0) is 10.8 Å². The Morgan fingerprint density at radius 1 is 0.500 bits per heavy atom. The van der Waals surface area contributed by atoms with Crippen LogP contribution in [-0.4, -0.2) is 0 Å². The molecule has 7 aromatic carbocycles. The van der Waals surface area contributed by atoms with E-state index < -0.39 is 0 Å². The largest absolute Gasteiger partial charge is 0.308 e. The van der Waals surface area contributed by atoms with Crippen molar-refractivity contribution in [3.8, 4) is 22.3 Å². The summed E-state index contributed by atoms with van der Waals surface area (Å²) in [6.07, 6.45) is 6.53. The molecule has 1 aliphatic carbocycles. The SMILES string of the molecule is CC(C)(C)c1cc(-c2ccccc2N(c2ccccc2-c2cccc3cccc(C4CCCCC4)c23)c2cccc3c2sc2ccccc23)cc(C(C)(C)C)c1. The lowest BCUT2D eigenvalue weighted by Gasteiger charge is -2.32.